The van der Waals surface area contributed by atoms with Gasteiger partial charge in [-0.1, -0.05) is 17.7 Å². The van der Waals surface area contributed by atoms with Gasteiger partial charge in [0.2, 0.25) is 0 Å². The van der Waals surface area contributed by atoms with Crippen LogP contribution in [0, 0.1) is 13.8 Å². The van der Waals surface area contributed by atoms with Crippen molar-refractivity contribution in [3.05, 3.63) is 34.9 Å². The van der Waals surface area contributed by atoms with Crippen LogP contribution < -0.4 is 10.6 Å². The molecule has 2 atom stereocenters. The van der Waals surface area contributed by atoms with Crippen LogP contribution in [0.5, 0.6) is 0 Å². The molecule has 0 saturated carbocycles. The number of benzene rings is 1. The lowest BCUT2D eigenvalue weighted by Gasteiger charge is -2.30. The predicted molar refractivity (Wildman–Crippen MR) is 73.9 cm³/mol. The molecular formula is C15H22N2O. The summed E-state index contributed by atoms with van der Waals surface area (Å²) in [5.74, 6) is 0.0491. The number of piperidine rings is 1. The summed E-state index contributed by atoms with van der Waals surface area (Å²) in [6, 6.07) is 6.56. The third kappa shape index (κ3) is 2.91. The van der Waals surface area contributed by atoms with Gasteiger partial charge in [-0.05, 0) is 51.8 Å². The summed E-state index contributed by atoms with van der Waals surface area (Å²) in [5, 5.41) is 6.54. The minimum atomic E-state index is 0.0491. The number of carbonyl (C=O) groups excluding carboxylic acids is 1. The zero-order valence-electron chi connectivity index (χ0n) is 11.4. The van der Waals surface area contributed by atoms with Gasteiger partial charge >= 0.3 is 0 Å². The first-order valence-corrected chi connectivity index (χ1v) is 6.69. The van der Waals surface area contributed by atoms with Crippen molar-refractivity contribution < 1.29 is 4.79 Å². The van der Waals surface area contributed by atoms with E-state index in [1.54, 1.807) is 0 Å². The third-order valence-electron chi connectivity index (χ3n) is 3.70. The van der Waals surface area contributed by atoms with E-state index in [2.05, 4.69) is 23.6 Å². The molecule has 18 heavy (non-hydrogen) atoms. The third-order valence-corrected chi connectivity index (χ3v) is 3.70. The lowest BCUT2D eigenvalue weighted by atomic mass is 9.98. The zero-order valence-corrected chi connectivity index (χ0v) is 11.4. The van der Waals surface area contributed by atoms with E-state index >= 15 is 0 Å². The number of hydrogen-bond donors (Lipinski definition) is 2. The lowest BCUT2D eigenvalue weighted by Crippen LogP contribution is -2.52. The monoisotopic (exact) mass is 246 g/mol. The van der Waals surface area contributed by atoms with Gasteiger partial charge in [0.25, 0.3) is 5.91 Å². The highest BCUT2D eigenvalue weighted by molar-refractivity contribution is 5.95. The van der Waals surface area contributed by atoms with E-state index in [1.807, 2.05) is 26.0 Å². The van der Waals surface area contributed by atoms with Gasteiger partial charge in [0, 0.05) is 17.6 Å². The average Bonchev–Trinajstić information content (AvgIpc) is 2.32. The standard InChI is InChI=1S/C15H22N2O/c1-10-6-7-13(11(2)9-10)15(18)17-14-5-4-8-16-12(14)3/h6-7,9,12,14,16H,4-5,8H2,1-3H3,(H,17,18)/t12-,14-/m1/s1. The van der Waals surface area contributed by atoms with Gasteiger partial charge in [0.15, 0.2) is 0 Å². The maximum atomic E-state index is 12.3. The van der Waals surface area contributed by atoms with Crippen LogP contribution in [-0.2, 0) is 0 Å². The molecule has 1 aromatic carbocycles. The first-order valence-electron chi connectivity index (χ1n) is 6.69. The van der Waals surface area contributed by atoms with E-state index < -0.39 is 0 Å². The van der Waals surface area contributed by atoms with E-state index in [4.69, 9.17) is 0 Å². The number of aryl methyl sites for hydroxylation is 2. The van der Waals surface area contributed by atoms with E-state index in [1.165, 1.54) is 5.56 Å². The second-order valence-corrected chi connectivity index (χ2v) is 5.28. The van der Waals surface area contributed by atoms with Crippen molar-refractivity contribution in [3.63, 3.8) is 0 Å². The number of amides is 1. The molecule has 0 radical (unpaired) electrons. The molecule has 0 bridgehead atoms. The van der Waals surface area contributed by atoms with Crippen LogP contribution in [0.2, 0.25) is 0 Å². The second-order valence-electron chi connectivity index (χ2n) is 5.28. The molecule has 1 fully saturated rings. The second kappa shape index (κ2) is 5.53. The Morgan fingerprint density at radius 3 is 2.83 bits per heavy atom. The van der Waals surface area contributed by atoms with Gasteiger partial charge in [-0.25, -0.2) is 0 Å². The molecule has 3 nitrogen and oxygen atoms in total. The largest absolute Gasteiger partial charge is 0.348 e. The molecule has 2 rings (SSSR count). The minimum absolute atomic E-state index is 0.0491. The van der Waals surface area contributed by atoms with Gasteiger partial charge in [-0.3, -0.25) is 4.79 Å². The van der Waals surface area contributed by atoms with E-state index in [0.29, 0.717) is 6.04 Å². The summed E-state index contributed by atoms with van der Waals surface area (Å²) in [7, 11) is 0. The smallest absolute Gasteiger partial charge is 0.251 e. The molecule has 2 N–H and O–H groups in total. The van der Waals surface area contributed by atoms with Gasteiger partial charge in [0.05, 0.1) is 0 Å². The van der Waals surface area contributed by atoms with Crippen molar-refractivity contribution in [1.29, 1.82) is 0 Å². The fourth-order valence-corrected chi connectivity index (χ4v) is 2.56. The number of carbonyl (C=O) groups is 1. The van der Waals surface area contributed by atoms with Gasteiger partial charge in [-0.2, -0.15) is 0 Å². The van der Waals surface area contributed by atoms with Crippen LogP contribution in [0.4, 0.5) is 0 Å². The molecule has 1 heterocycles. The highest BCUT2D eigenvalue weighted by atomic mass is 16.1. The fourth-order valence-electron chi connectivity index (χ4n) is 2.56. The van der Waals surface area contributed by atoms with Crippen molar-refractivity contribution in [1.82, 2.24) is 10.6 Å². The van der Waals surface area contributed by atoms with E-state index in [0.717, 1.165) is 30.5 Å². The normalized spacial score (nSPS) is 23.7. The van der Waals surface area contributed by atoms with Crippen molar-refractivity contribution in [2.45, 2.75) is 45.7 Å². The molecule has 0 unspecified atom stereocenters. The fraction of sp³-hybridized carbons (Fsp3) is 0.533. The summed E-state index contributed by atoms with van der Waals surface area (Å²) in [6.45, 7) is 7.22. The number of hydrogen-bond acceptors (Lipinski definition) is 2. The Balaban J connectivity index is 2.07. The maximum absolute atomic E-state index is 12.3. The summed E-state index contributed by atoms with van der Waals surface area (Å²) >= 11 is 0. The maximum Gasteiger partial charge on any atom is 0.251 e. The quantitative estimate of drug-likeness (QED) is 0.839. The van der Waals surface area contributed by atoms with Crippen LogP contribution in [0.25, 0.3) is 0 Å². The number of nitrogens with one attached hydrogen (secondary N) is 2. The molecule has 0 aliphatic carbocycles. The van der Waals surface area contributed by atoms with E-state index in [9.17, 15) is 4.79 Å². The molecule has 0 aromatic heterocycles. The highest BCUT2D eigenvalue weighted by Crippen LogP contribution is 2.13. The van der Waals surface area contributed by atoms with Crippen LogP contribution in [0.1, 0.15) is 41.3 Å². The molecule has 1 aromatic rings. The van der Waals surface area contributed by atoms with Crippen molar-refractivity contribution in [2.24, 2.45) is 0 Å². The van der Waals surface area contributed by atoms with Crippen molar-refractivity contribution in [3.8, 4) is 0 Å². The van der Waals surface area contributed by atoms with Gasteiger partial charge < -0.3 is 10.6 Å². The topological polar surface area (TPSA) is 41.1 Å². The molecule has 98 valence electrons. The zero-order chi connectivity index (χ0) is 13.1. The summed E-state index contributed by atoms with van der Waals surface area (Å²) in [6.07, 6.45) is 2.19. The Bertz CT molecular complexity index is 442. The van der Waals surface area contributed by atoms with Crippen LogP contribution in [0.15, 0.2) is 18.2 Å². The van der Waals surface area contributed by atoms with Gasteiger partial charge in [0.1, 0.15) is 0 Å². The molecule has 3 heteroatoms. The highest BCUT2D eigenvalue weighted by Gasteiger charge is 2.23. The first-order chi connectivity index (χ1) is 8.58. The average molecular weight is 246 g/mol. The van der Waals surface area contributed by atoms with Crippen LogP contribution in [-0.4, -0.2) is 24.5 Å². The molecule has 1 saturated heterocycles. The molecule has 0 spiro atoms. The SMILES string of the molecule is Cc1ccc(C(=O)N[C@@H]2CCCN[C@@H]2C)c(C)c1. The molecule has 1 aliphatic rings. The lowest BCUT2D eigenvalue weighted by molar-refractivity contribution is 0.0919. The molecular weight excluding hydrogens is 224 g/mol. The number of rotatable bonds is 2. The molecule has 1 aliphatic heterocycles. The Hall–Kier alpha value is -1.35. The Kier molecular flexibility index (Phi) is 4.02. The van der Waals surface area contributed by atoms with Crippen molar-refractivity contribution in [2.75, 3.05) is 6.54 Å². The summed E-state index contributed by atoms with van der Waals surface area (Å²) in [4.78, 5) is 12.3. The summed E-state index contributed by atoms with van der Waals surface area (Å²) < 4.78 is 0. The Morgan fingerprint density at radius 1 is 1.39 bits per heavy atom. The Labute approximate surface area is 109 Å². The van der Waals surface area contributed by atoms with Crippen LogP contribution >= 0.6 is 0 Å². The Morgan fingerprint density at radius 2 is 2.17 bits per heavy atom. The van der Waals surface area contributed by atoms with Gasteiger partial charge in [-0.15, -0.1) is 0 Å². The summed E-state index contributed by atoms with van der Waals surface area (Å²) in [5.41, 5.74) is 3.03. The molecule has 1 amide bonds. The van der Waals surface area contributed by atoms with Crippen LogP contribution in [0.3, 0.4) is 0 Å². The minimum Gasteiger partial charge on any atom is -0.348 e. The van der Waals surface area contributed by atoms with Crippen molar-refractivity contribution >= 4 is 5.91 Å². The predicted octanol–water partition coefficient (Wildman–Crippen LogP) is 2.17. The first kappa shape index (κ1) is 13.1. The van der Waals surface area contributed by atoms with E-state index in [-0.39, 0.29) is 11.9 Å².